The number of fused-ring (bicyclic) bond motifs is 5. The number of allylic oxidation sites excluding steroid dienone is 1. The molecule has 5 N–H and O–H groups in total. The van der Waals surface area contributed by atoms with E-state index < -0.39 is 69.9 Å². The molecule has 0 spiro atoms. The second-order valence-electron chi connectivity index (χ2n) is 14.1. The van der Waals surface area contributed by atoms with Gasteiger partial charge in [0.05, 0.1) is 23.7 Å². The number of hydrogen-bond acceptors (Lipinski definition) is 11. The molecule has 1 aromatic rings. The van der Waals surface area contributed by atoms with E-state index in [2.05, 4.69) is 12.2 Å². The molecule has 0 aromatic heterocycles. The first kappa shape index (κ1) is 38.9. The zero-order valence-electron chi connectivity index (χ0n) is 27.6. The molecule has 5 rings (SSSR count). The van der Waals surface area contributed by atoms with E-state index in [4.69, 9.17) is 33.0 Å². The lowest BCUT2D eigenvalue weighted by Gasteiger charge is -2.60. The molecule has 3 fully saturated rings. The van der Waals surface area contributed by atoms with Crippen LogP contribution < -0.4 is 5.32 Å². The minimum absolute atomic E-state index is 0.0413. The van der Waals surface area contributed by atoms with E-state index in [1.165, 1.54) is 31.2 Å². The molecule has 13 nitrogen and oxygen atoms in total. The Morgan fingerprint density at radius 3 is 2.35 bits per heavy atom. The van der Waals surface area contributed by atoms with Gasteiger partial charge < -0.3 is 30.5 Å². The molecule has 9 atom stereocenters. The van der Waals surface area contributed by atoms with Crippen molar-refractivity contribution >= 4 is 52.3 Å². The fourth-order valence-corrected chi connectivity index (χ4v) is 9.06. The van der Waals surface area contributed by atoms with Crippen LogP contribution in [-0.2, 0) is 23.9 Å². The van der Waals surface area contributed by atoms with Crippen molar-refractivity contribution in [2.24, 2.45) is 28.6 Å². The highest BCUT2D eigenvalue weighted by molar-refractivity contribution is 6.53. The van der Waals surface area contributed by atoms with Crippen LogP contribution in [0.2, 0.25) is 0 Å². The molecular formula is C34H44Cl2N2O11. The summed E-state index contributed by atoms with van der Waals surface area (Å²) in [6, 6.07) is 4.05. The first-order chi connectivity index (χ1) is 22.9. The summed E-state index contributed by atoms with van der Waals surface area (Å²) in [6.45, 7) is 4.37. The van der Waals surface area contributed by atoms with Gasteiger partial charge in [-0.1, -0.05) is 42.6 Å². The second kappa shape index (κ2) is 15.1. The van der Waals surface area contributed by atoms with Gasteiger partial charge in [-0.15, -0.1) is 0 Å². The zero-order valence-corrected chi connectivity index (χ0v) is 29.2. The number of nitrogens with zero attached hydrogens (tertiary/aromatic N) is 1. The molecule has 4 aliphatic rings. The van der Waals surface area contributed by atoms with Gasteiger partial charge >= 0.3 is 5.97 Å². The maximum absolute atomic E-state index is 12.9. The monoisotopic (exact) mass is 726 g/mol. The van der Waals surface area contributed by atoms with Crippen molar-refractivity contribution in [3.8, 4) is 0 Å². The molecule has 0 bridgehead atoms. The van der Waals surface area contributed by atoms with Crippen molar-refractivity contribution in [2.45, 2.75) is 94.4 Å². The van der Waals surface area contributed by atoms with Crippen LogP contribution in [0.25, 0.3) is 0 Å². The summed E-state index contributed by atoms with van der Waals surface area (Å²) in [6.07, 6.45) is 4.28. The SMILES string of the molecule is CC(=O)OCC(=O)C1(O)CCC2C3CCC4=CC(=O)CCC4(C)C3C(O)CC21C.O=C(N[C@H](CO)[C@H](O)c1ccc([N+](=O)[O-])cc1)C(Cl)Cl. The Bertz CT molecular complexity index is 1490. The minimum Gasteiger partial charge on any atom is -0.458 e. The van der Waals surface area contributed by atoms with Gasteiger partial charge in [0.2, 0.25) is 5.78 Å². The minimum atomic E-state index is -1.58. The van der Waals surface area contributed by atoms with Crippen LogP contribution >= 0.6 is 23.2 Å². The van der Waals surface area contributed by atoms with Crippen LogP contribution in [0.1, 0.15) is 77.4 Å². The number of carbonyl (C=O) groups is 4. The number of benzene rings is 1. The van der Waals surface area contributed by atoms with Gasteiger partial charge in [0.1, 0.15) is 11.7 Å². The number of aliphatic hydroxyl groups is 4. The Balaban J connectivity index is 0.000000238. The molecule has 0 heterocycles. The van der Waals surface area contributed by atoms with Gasteiger partial charge in [-0.25, -0.2) is 0 Å². The number of non-ortho nitro benzene ring substituents is 1. The number of aliphatic hydroxyl groups excluding tert-OH is 3. The molecule has 270 valence electrons. The van der Waals surface area contributed by atoms with Crippen LogP contribution in [0, 0.1) is 38.7 Å². The Hall–Kier alpha value is -2.94. The van der Waals surface area contributed by atoms with Gasteiger partial charge in [0.15, 0.2) is 17.2 Å². The Labute approximate surface area is 294 Å². The molecule has 49 heavy (non-hydrogen) atoms. The number of amides is 1. The Morgan fingerprint density at radius 1 is 1.12 bits per heavy atom. The van der Waals surface area contributed by atoms with Crippen molar-refractivity contribution in [3.05, 3.63) is 51.6 Å². The number of ketones is 2. The van der Waals surface area contributed by atoms with E-state index in [1.807, 2.05) is 6.92 Å². The van der Waals surface area contributed by atoms with E-state index in [1.54, 1.807) is 6.08 Å². The van der Waals surface area contributed by atoms with Crippen LogP contribution in [-0.4, -0.2) is 84.6 Å². The molecule has 1 amide bonds. The zero-order chi connectivity index (χ0) is 36.5. The quantitative estimate of drug-likeness (QED) is 0.108. The van der Waals surface area contributed by atoms with Crippen LogP contribution in [0.5, 0.6) is 0 Å². The lowest BCUT2D eigenvalue weighted by molar-refractivity contribution is -0.384. The van der Waals surface area contributed by atoms with E-state index >= 15 is 0 Å². The molecule has 3 saturated carbocycles. The summed E-state index contributed by atoms with van der Waals surface area (Å²) in [5, 5.41) is 54.7. The molecule has 0 radical (unpaired) electrons. The topological polar surface area (TPSA) is 214 Å². The third kappa shape index (κ3) is 7.57. The van der Waals surface area contributed by atoms with Crippen molar-refractivity contribution in [2.75, 3.05) is 13.2 Å². The van der Waals surface area contributed by atoms with Crippen LogP contribution in [0.4, 0.5) is 5.69 Å². The van der Waals surface area contributed by atoms with Gasteiger partial charge in [-0.2, -0.15) is 0 Å². The first-order valence-corrected chi connectivity index (χ1v) is 17.2. The number of ether oxygens (including phenoxy) is 1. The maximum atomic E-state index is 12.9. The van der Waals surface area contributed by atoms with Gasteiger partial charge in [-0.05, 0) is 85.5 Å². The van der Waals surface area contributed by atoms with E-state index in [-0.39, 0.29) is 34.6 Å². The number of Topliss-reactive ketones (excluding diaryl/α,β-unsaturated/α-hetero) is 1. The highest BCUT2D eigenvalue weighted by atomic mass is 35.5. The lowest BCUT2D eigenvalue weighted by atomic mass is 9.45. The summed E-state index contributed by atoms with van der Waals surface area (Å²) >= 11 is 10.7. The normalized spacial score (nSPS) is 33.0. The number of esters is 1. The Kier molecular flexibility index (Phi) is 12.0. The summed E-state index contributed by atoms with van der Waals surface area (Å²) in [5.74, 6) is -1.22. The third-order valence-corrected chi connectivity index (χ3v) is 11.9. The van der Waals surface area contributed by atoms with Crippen molar-refractivity contribution < 1.29 is 49.3 Å². The fraction of sp³-hybridized carbons (Fsp3) is 0.647. The van der Waals surface area contributed by atoms with Gasteiger partial charge in [0, 0.05) is 30.9 Å². The molecule has 0 aliphatic heterocycles. The van der Waals surface area contributed by atoms with E-state index in [0.29, 0.717) is 24.8 Å². The van der Waals surface area contributed by atoms with E-state index in [9.17, 15) is 44.6 Å². The second-order valence-corrected chi connectivity index (χ2v) is 15.2. The lowest BCUT2D eigenvalue weighted by Crippen LogP contribution is -2.62. The molecule has 15 heteroatoms. The molecule has 4 aliphatic carbocycles. The van der Waals surface area contributed by atoms with Crippen LogP contribution in [0.15, 0.2) is 35.9 Å². The number of alkyl halides is 2. The largest absolute Gasteiger partial charge is 0.458 e. The number of rotatable bonds is 9. The summed E-state index contributed by atoms with van der Waals surface area (Å²) in [4.78, 5) is 55.9. The predicted molar refractivity (Wildman–Crippen MR) is 177 cm³/mol. The number of nitrogens with one attached hydrogen (secondary N) is 1. The molecular weight excluding hydrogens is 683 g/mol. The smallest absolute Gasteiger partial charge is 0.303 e. The van der Waals surface area contributed by atoms with E-state index in [0.717, 1.165) is 31.3 Å². The van der Waals surface area contributed by atoms with Crippen LogP contribution in [0.3, 0.4) is 0 Å². The standard InChI is InChI=1S/C23H32O6.C11H12Cl2N2O5/c1-13(24)29-12-19(27)23(28)9-7-17-16-5-4-14-10-15(25)6-8-21(14,2)20(16)18(26)11-22(17,23)3;12-10(13)11(18)14-8(5-16)9(17)6-1-3-7(4-2-6)15(19)20/h10,16-18,20,26,28H,4-9,11-12H2,1-3H3;1-4,8-10,16-17H,5H2,(H,14,18)/t;8-,9-/m.1/s1. The summed E-state index contributed by atoms with van der Waals surface area (Å²) in [5.41, 5.74) is -1.19. The van der Waals surface area contributed by atoms with Gasteiger partial charge in [-0.3, -0.25) is 29.3 Å². The average Bonchev–Trinajstić information content (AvgIpc) is 3.32. The van der Waals surface area contributed by atoms with Crippen molar-refractivity contribution in [3.63, 3.8) is 0 Å². The Morgan fingerprint density at radius 2 is 1.78 bits per heavy atom. The first-order valence-electron chi connectivity index (χ1n) is 16.3. The maximum Gasteiger partial charge on any atom is 0.303 e. The highest BCUT2D eigenvalue weighted by Crippen LogP contribution is 2.67. The molecule has 0 saturated heterocycles. The van der Waals surface area contributed by atoms with Crippen molar-refractivity contribution in [1.29, 1.82) is 0 Å². The summed E-state index contributed by atoms with van der Waals surface area (Å²) in [7, 11) is 0. The number of nitro groups is 1. The number of halogens is 2. The molecule has 1 aromatic carbocycles. The number of nitro benzene ring substituents is 1. The highest BCUT2D eigenvalue weighted by Gasteiger charge is 2.68. The number of carbonyl (C=O) groups excluding carboxylic acids is 4. The predicted octanol–water partition coefficient (Wildman–Crippen LogP) is 3.26. The third-order valence-electron chi connectivity index (χ3n) is 11.5. The van der Waals surface area contributed by atoms with Gasteiger partial charge in [0.25, 0.3) is 11.6 Å². The summed E-state index contributed by atoms with van der Waals surface area (Å²) < 4.78 is 4.89. The fourth-order valence-electron chi connectivity index (χ4n) is 8.93. The average molecular weight is 728 g/mol. The molecule has 7 unspecified atom stereocenters. The number of hydrogen-bond donors (Lipinski definition) is 5. The van der Waals surface area contributed by atoms with Crippen molar-refractivity contribution in [1.82, 2.24) is 5.32 Å².